The van der Waals surface area contributed by atoms with Gasteiger partial charge in [-0.1, -0.05) is 0 Å². The van der Waals surface area contributed by atoms with Crippen molar-refractivity contribution in [3.8, 4) is 0 Å². The molecule has 0 amide bonds. The minimum Gasteiger partial charge on any atom is -0.396 e. The lowest BCUT2D eigenvalue weighted by atomic mass is 10.5. The van der Waals surface area contributed by atoms with Crippen molar-refractivity contribution in [3.63, 3.8) is 0 Å². The van der Waals surface area contributed by atoms with Crippen LogP contribution in [0.15, 0.2) is 15.8 Å². The van der Waals surface area contributed by atoms with Crippen molar-refractivity contribution in [1.29, 1.82) is 0 Å². The standard InChI is InChI=1S/C7H11BrN4OS/c8-5-6(12-9)10-4-11-7(5)14-3-1-2-13/h4,13H,1-3,9H2,(H,10,11,12). The average Bonchev–Trinajstić information content (AvgIpc) is 2.21. The van der Waals surface area contributed by atoms with Crippen LogP contribution in [0, 0.1) is 0 Å². The number of anilines is 1. The van der Waals surface area contributed by atoms with E-state index in [2.05, 4.69) is 31.3 Å². The van der Waals surface area contributed by atoms with Crippen molar-refractivity contribution in [2.45, 2.75) is 11.4 Å². The molecule has 0 unspecified atom stereocenters. The van der Waals surface area contributed by atoms with E-state index in [1.54, 1.807) is 11.8 Å². The maximum absolute atomic E-state index is 8.62. The molecule has 5 nitrogen and oxygen atoms in total. The molecule has 1 heterocycles. The summed E-state index contributed by atoms with van der Waals surface area (Å²) in [5.74, 6) is 6.63. The van der Waals surface area contributed by atoms with Crippen molar-refractivity contribution in [2.75, 3.05) is 17.8 Å². The topological polar surface area (TPSA) is 84.1 Å². The van der Waals surface area contributed by atoms with Crippen LogP contribution < -0.4 is 11.3 Å². The summed E-state index contributed by atoms with van der Waals surface area (Å²) in [6, 6.07) is 0. The van der Waals surface area contributed by atoms with Gasteiger partial charge in [-0.25, -0.2) is 15.8 Å². The van der Waals surface area contributed by atoms with Gasteiger partial charge in [-0.15, -0.1) is 11.8 Å². The molecule has 0 aliphatic heterocycles. The van der Waals surface area contributed by atoms with Gasteiger partial charge in [-0.2, -0.15) is 0 Å². The highest BCUT2D eigenvalue weighted by molar-refractivity contribution is 9.10. The number of aliphatic hydroxyl groups is 1. The van der Waals surface area contributed by atoms with E-state index in [9.17, 15) is 0 Å². The van der Waals surface area contributed by atoms with Crippen LogP contribution in [0.1, 0.15) is 6.42 Å². The maximum atomic E-state index is 8.62. The van der Waals surface area contributed by atoms with Gasteiger partial charge < -0.3 is 10.5 Å². The predicted molar refractivity (Wildman–Crippen MR) is 60.0 cm³/mol. The molecule has 0 bridgehead atoms. The zero-order chi connectivity index (χ0) is 10.4. The van der Waals surface area contributed by atoms with E-state index in [0.717, 1.165) is 21.7 Å². The number of aliphatic hydroxyl groups excluding tert-OH is 1. The quantitative estimate of drug-likeness (QED) is 0.245. The van der Waals surface area contributed by atoms with Gasteiger partial charge in [0, 0.05) is 12.4 Å². The first-order chi connectivity index (χ1) is 6.79. The highest BCUT2D eigenvalue weighted by atomic mass is 79.9. The van der Waals surface area contributed by atoms with E-state index in [4.69, 9.17) is 10.9 Å². The molecule has 4 N–H and O–H groups in total. The van der Waals surface area contributed by atoms with Gasteiger partial charge in [0.2, 0.25) is 0 Å². The van der Waals surface area contributed by atoms with E-state index in [1.165, 1.54) is 6.33 Å². The van der Waals surface area contributed by atoms with Gasteiger partial charge in [0.15, 0.2) is 5.82 Å². The molecule has 1 aromatic rings. The Morgan fingerprint density at radius 3 is 3.00 bits per heavy atom. The number of hydrogen-bond acceptors (Lipinski definition) is 6. The first-order valence-corrected chi connectivity index (χ1v) is 5.78. The number of halogens is 1. The number of hydrogen-bond donors (Lipinski definition) is 3. The van der Waals surface area contributed by atoms with Crippen molar-refractivity contribution < 1.29 is 5.11 Å². The highest BCUT2D eigenvalue weighted by Gasteiger charge is 2.07. The smallest absolute Gasteiger partial charge is 0.158 e. The lowest BCUT2D eigenvalue weighted by Crippen LogP contribution is -2.09. The summed E-state index contributed by atoms with van der Waals surface area (Å²) < 4.78 is 0.755. The van der Waals surface area contributed by atoms with Crippen molar-refractivity contribution in [3.05, 3.63) is 10.8 Å². The monoisotopic (exact) mass is 278 g/mol. The molecule has 0 fully saturated rings. The number of thioether (sulfide) groups is 1. The summed E-state index contributed by atoms with van der Waals surface area (Å²) in [6.45, 7) is 0.192. The fraction of sp³-hybridized carbons (Fsp3) is 0.429. The summed E-state index contributed by atoms with van der Waals surface area (Å²) in [7, 11) is 0. The number of nitrogen functional groups attached to an aromatic ring is 1. The number of hydrazine groups is 1. The third kappa shape index (κ3) is 3.09. The molecular weight excluding hydrogens is 268 g/mol. The SMILES string of the molecule is NNc1ncnc(SCCCO)c1Br. The Kier molecular flexibility index (Phi) is 5.16. The number of rotatable bonds is 5. The van der Waals surface area contributed by atoms with Gasteiger partial charge in [0.1, 0.15) is 11.4 Å². The second kappa shape index (κ2) is 6.18. The molecule has 0 saturated carbocycles. The van der Waals surface area contributed by atoms with E-state index in [0.29, 0.717) is 5.82 Å². The molecule has 1 rings (SSSR count). The molecule has 0 aromatic carbocycles. The molecule has 0 spiro atoms. The Hall–Kier alpha value is -0.370. The van der Waals surface area contributed by atoms with Gasteiger partial charge >= 0.3 is 0 Å². The van der Waals surface area contributed by atoms with Crippen LogP contribution in [0.25, 0.3) is 0 Å². The zero-order valence-corrected chi connectivity index (χ0v) is 9.81. The van der Waals surface area contributed by atoms with E-state index in [1.807, 2.05) is 0 Å². The Morgan fingerprint density at radius 1 is 1.57 bits per heavy atom. The van der Waals surface area contributed by atoms with E-state index >= 15 is 0 Å². The minimum atomic E-state index is 0.192. The molecule has 0 radical (unpaired) electrons. The van der Waals surface area contributed by atoms with Gasteiger partial charge in [-0.05, 0) is 22.4 Å². The van der Waals surface area contributed by atoms with Crippen LogP contribution in [0.4, 0.5) is 5.82 Å². The molecule has 0 saturated heterocycles. The number of nitrogens with two attached hydrogens (primary N) is 1. The largest absolute Gasteiger partial charge is 0.396 e. The molecule has 1 aromatic heterocycles. The molecule has 78 valence electrons. The molecule has 0 aliphatic carbocycles. The molecule has 0 atom stereocenters. The normalized spacial score (nSPS) is 10.2. The fourth-order valence-corrected chi connectivity index (χ4v) is 2.26. The van der Waals surface area contributed by atoms with Crippen LogP contribution in [0.5, 0.6) is 0 Å². The van der Waals surface area contributed by atoms with Crippen LogP contribution in [0.2, 0.25) is 0 Å². The third-order valence-corrected chi connectivity index (χ3v) is 3.52. The van der Waals surface area contributed by atoms with Gasteiger partial charge in [0.05, 0.1) is 4.47 Å². The van der Waals surface area contributed by atoms with Crippen LogP contribution in [-0.4, -0.2) is 27.4 Å². The van der Waals surface area contributed by atoms with Crippen LogP contribution in [-0.2, 0) is 0 Å². The van der Waals surface area contributed by atoms with Crippen molar-refractivity contribution >= 4 is 33.5 Å². The Bertz CT molecular complexity index is 299. The van der Waals surface area contributed by atoms with E-state index in [-0.39, 0.29) is 6.61 Å². The number of nitrogens with one attached hydrogen (secondary N) is 1. The summed E-state index contributed by atoms with van der Waals surface area (Å²) in [6.07, 6.45) is 2.19. The Labute approximate surface area is 94.6 Å². The molecular formula is C7H11BrN4OS. The lowest BCUT2D eigenvalue weighted by molar-refractivity contribution is 0.296. The predicted octanol–water partition coefficient (Wildman–Crippen LogP) is 0.999. The first-order valence-electron chi connectivity index (χ1n) is 4.00. The van der Waals surface area contributed by atoms with Gasteiger partial charge in [-0.3, -0.25) is 0 Å². The Balaban J connectivity index is 2.66. The first kappa shape index (κ1) is 11.7. The van der Waals surface area contributed by atoms with Gasteiger partial charge in [0.25, 0.3) is 0 Å². The molecule has 14 heavy (non-hydrogen) atoms. The summed E-state index contributed by atoms with van der Waals surface area (Å²) in [5.41, 5.74) is 2.47. The van der Waals surface area contributed by atoms with Crippen LogP contribution in [0.3, 0.4) is 0 Å². The van der Waals surface area contributed by atoms with Crippen molar-refractivity contribution in [1.82, 2.24) is 9.97 Å². The highest BCUT2D eigenvalue weighted by Crippen LogP contribution is 2.29. The van der Waals surface area contributed by atoms with Crippen molar-refractivity contribution in [2.24, 2.45) is 5.84 Å². The molecule has 7 heteroatoms. The maximum Gasteiger partial charge on any atom is 0.158 e. The fourth-order valence-electron chi connectivity index (χ4n) is 0.788. The zero-order valence-electron chi connectivity index (χ0n) is 7.40. The summed E-state index contributed by atoms with van der Waals surface area (Å²) in [5, 5.41) is 9.44. The molecule has 0 aliphatic rings. The third-order valence-electron chi connectivity index (χ3n) is 1.44. The minimum absolute atomic E-state index is 0.192. The number of aromatic nitrogens is 2. The second-order valence-corrected chi connectivity index (χ2v) is 4.29. The number of nitrogens with zero attached hydrogens (tertiary/aromatic N) is 2. The lowest BCUT2D eigenvalue weighted by Gasteiger charge is -2.05. The summed E-state index contributed by atoms with van der Waals surface area (Å²) in [4.78, 5) is 8.02. The average molecular weight is 279 g/mol. The second-order valence-electron chi connectivity index (χ2n) is 2.41. The van der Waals surface area contributed by atoms with Crippen LogP contribution >= 0.6 is 27.7 Å². The summed E-state index contributed by atoms with van der Waals surface area (Å²) >= 11 is 4.89. The van der Waals surface area contributed by atoms with E-state index < -0.39 is 0 Å². The Morgan fingerprint density at radius 2 is 2.36 bits per heavy atom.